The number of hydrogen-bond acceptors (Lipinski definition) is 5. The van der Waals surface area contributed by atoms with Gasteiger partial charge in [0.1, 0.15) is 11.5 Å². The van der Waals surface area contributed by atoms with Gasteiger partial charge in [0.2, 0.25) is 0 Å². The molecule has 1 amide bonds. The lowest BCUT2D eigenvalue weighted by atomic mass is 9.95. The number of ether oxygens (including phenoxy) is 1. The van der Waals surface area contributed by atoms with Crippen LogP contribution in [-0.4, -0.2) is 28.9 Å². The summed E-state index contributed by atoms with van der Waals surface area (Å²) >= 11 is 6.14. The molecule has 2 heterocycles. The lowest BCUT2D eigenvalue weighted by Gasteiger charge is -2.26. The maximum atomic E-state index is 13.2. The van der Waals surface area contributed by atoms with E-state index in [9.17, 15) is 14.7 Å². The fourth-order valence-electron chi connectivity index (χ4n) is 3.84. The summed E-state index contributed by atoms with van der Waals surface area (Å²) in [5.74, 6) is -1.56. The van der Waals surface area contributed by atoms with Gasteiger partial charge in [0.15, 0.2) is 0 Å². The number of amides is 1. The monoisotopic (exact) mass is 448 g/mol. The highest BCUT2D eigenvalue weighted by atomic mass is 35.5. The number of aryl methyl sites for hydroxylation is 2. The minimum absolute atomic E-state index is 0.0539. The van der Waals surface area contributed by atoms with Crippen LogP contribution < -0.4 is 9.64 Å². The fraction of sp³-hybridized carbons (Fsp3) is 0.160. The maximum Gasteiger partial charge on any atom is 0.300 e. The van der Waals surface area contributed by atoms with Crippen molar-refractivity contribution in [3.8, 4) is 5.75 Å². The summed E-state index contributed by atoms with van der Waals surface area (Å²) in [7, 11) is 1.45. The Morgan fingerprint density at radius 1 is 1.09 bits per heavy atom. The molecule has 0 saturated carbocycles. The van der Waals surface area contributed by atoms with E-state index in [1.807, 2.05) is 26.0 Å². The van der Waals surface area contributed by atoms with Gasteiger partial charge < -0.3 is 9.84 Å². The van der Waals surface area contributed by atoms with Gasteiger partial charge in [-0.1, -0.05) is 23.7 Å². The maximum absolute atomic E-state index is 13.2. The number of aliphatic hydroxyl groups excluding tert-OH is 1. The first-order valence-electron chi connectivity index (χ1n) is 9.95. The molecule has 0 spiro atoms. The van der Waals surface area contributed by atoms with E-state index in [2.05, 4.69) is 4.98 Å². The smallest absolute Gasteiger partial charge is 0.300 e. The van der Waals surface area contributed by atoms with Gasteiger partial charge in [-0.25, -0.2) is 0 Å². The molecule has 3 aromatic rings. The van der Waals surface area contributed by atoms with Gasteiger partial charge in [0.05, 0.1) is 24.3 Å². The minimum Gasteiger partial charge on any atom is -0.507 e. The van der Waals surface area contributed by atoms with Crippen molar-refractivity contribution in [2.75, 3.05) is 12.0 Å². The minimum atomic E-state index is -0.866. The van der Waals surface area contributed by atoms with Gasteiger partial charge in [0.25, 0.3) is 11.7 Å². The zero-order chi connectivity index (χ0) is 23.0. The molecular formula is C25H21ClN2O4. The Morgan fingerprint density at radius 2 is 1.88 bits per heavy atom. The van der Waals surface area contributed by atoms with Crippen LogP contribution in [0.15, 0.2) is 66.5 Å². The Morgan fingerprint density at radius 3 is 2.53 bits per heavy atom. The number of carbonyl (C=O) groups excluding carboxylic acids is 2. The summed E-state index contributed by atoms with van der Waals surface area (Å²) in [6, 6.07) is 12.9. The zero-order valence-electron chi connectivity index (χ0n) is 17.8. The van der Waals surface area contributed by atoms with E-state index in [1.165, 1.54) is 18.1 Å². The Balaban J connectivity index is 1.98. The third kappa shape index (κ3) is 3.63. The largest absolute Gasteiger partial charge is 0.507 e. The highest BCUT2D eigenvalue weighted by Crippen LogP contribution is 2.43. The molecule has 1 aliphatic rings. The van der Waals surface area contributed by atoms with Crippen LogP contribution in [-0.2, 0) is 9.59 Å². The second-order valence-electron chi connectivity index (χ2n) is 7.57. The third-order valence-electron chi connectivity index (χ3n) is 5.63. The predicted octanol–water partition coefficient (Wildman–Crippen LogP) is 4.99. The van der Waals surface area contributed by atoms with Crippen LogP contribution in [0.25, 0.3) is 5.76 Å². The quantitative estimate of drug-likeness (QED) is 0.345. The van der Waals surface area contributed by atoms with Crippen molar-refractivity contribution >= 4 is 34.7 Å². The average Bonchev–Trinajstić information content (AvgIpc) is 3.06. The molecule has 1 aliphatic heterocycles. The van der Waals surface area contributed by atoms with Crippen molar-refractivity contribution < 1.29 is 19.4 Å². The van der Waals surface area contributed by atoms with Gasteiger partial charge in [-0.3, -0.25) is 19.5 Å². The van der Waals surface area contributed by atoms with Gasteiger partial charge in [-0.05, 0) is 66.9 Å². The molecule has 2 aromatic carbocycles. The predicted molar refractivity (Wildman–Crippen MR) is 123 cm³/mol. The molecule has 4 rings (SSSR count). The fourth-order valence-corrected chi connectivity index (χ4v) is 4.01. The molecule has 1 unspecified atom stereocenters. The summed E-state index contributed by atoms with van der Waals surface area (Å²) in [5, 5.41) is 11.6. The number of anilines is 1. The first-order chi connectivity index (χ1) is 15.3. The van der Waals surface area contributed by atoms with Crippen molar-refractivity contribution in [1.29, 1.82) is 0 Å². The SMILES string of the molecule is COc1ccc(Cl)cc1/C(O)=C1\C(=O)C(=O)N(c2ccc(C)c(C)c2)C1c1cccnc1. The number of benzene rings is 2. The first-order valence-corrected chi connectivity index (χ1v) is 10.3. The molecule has 1 N–H and O–H groups in total. The first kappa shape index (κ1) is 21.6. The number of nitrogens with zero attached hydrogens (tertiary/aromatic N) is 2. The van der Waals surface area contributed by atoms with Crippen molar-refractivity contribution in [1.82, 2.24) is 4.98 Å². The number of ketones is 1. The molecular weight excluding hydrogens is 428 g/mol. The summed E-state index contributed by atoms with van der Waals surface area (Å²) in [4.78, 5) is 32.0. The number of Topliss-reactive ketones (excluding diaryl/α,β-unsaturated/α-hetero) is 1. The lowest BCUT2D eigenvalue weighted by molar-refractivity contribution is -0.132. The molecule has 0 aliphatic carbocycles. The molecule has 32 heavy (non-hydrogen) atoms. The van der Waals surface area contributed by atoms with Crippen LogP contribution in [0, 0.1) is 13.8 Å². The molecule has 0 bridgehead atoms. The van der Waals surface area contributed by atoms with E-state index in [4.69, 9.17) is 16.3 Å². The molecule has 0 radical (unpaired) electrons. The van der Waals surface area contributed by atoms with Crippen LogP contribution in [0.1, 0.15) is 28.3 Å². The number of halogens is 1. The Labute approximate surface area is 190 Å². The van der Waals surface area contributed by atoms with Crippen molar-refractivity contribution in [3.05, 3.63) is 93.8 Å². The lowest BCUT2D eigenvalue weighted by Crippen LogP contribution is -2.29. The molecule has 1 fully saturated rings. The summed E-state index contributed by atoms with van der Waals surface area (Å²) in [5.41, 5.74) is 3.36. The number of carbonyl (C=O) groups is 2. The summed E-state index contributed by atoms with van der Waals surface area (Å²) in [6.07, 6.45) is 3.18. The highest BCUT2D eigenvalue weighted by molar-refractivity contribution is 6.51. The number of hydrogen-bond donors (Lipinski definition) is 1. The third-order valence-corrected chi connectivity index (χ3v) is 5.86. The second kappa shape index (κ2) is 8.48. The molecule has 1 saturated heterocycles. The zero-order valence-corrected chi connectivity index (χ0v) is 18.6. The van der Waals surface area contributed by atoms with Crippen molar-refractivity contribution in [3.63, 3.8) is 0 Å². The van der Waals surface area contributed by atoms with E-state index in [1.54, 1.807) is 42.7 Å². The Kier molecular flexibility index (Phi) is 5.72. The molecule has 1 atom stereocenters. The molecule has 1 aromatic heterocycles. The van der Waals surface area contributed by atoms with E-state index >= 15 is 0 Å². The Bertz CT molecular complexity index is 1250. The topological polar surface area (TPSA) is 79.7 Å². The molecule has 6 nitrogen and oxygen atoms in total. The second-order valence-corrected chi connectivity index (χ2v) is 8.01. The van der Waals surface area contributed by atoms with Crippen LogP contribution >= 0.6 is 11.6 Å². The van der Waals surface area contributed by atoms with Gasteiger partial charge in [0, 0.05) is 23.1 Å². The van der Waals surface area contributed by atoms with Crippen LogP contribution in [0.2, 0.25) is 5.02 Å². The van der Waals surface area contributed by atoms with Crippen molar-refractivity contribution in [2.24, 2.45) is 0 Å². The molecule has 162 valence electrons. The Hall–Kier alpha value is -3.64. The average molecular weight is 449 g/mol. The van der Waals surface area contributed by atoms with E-state index in [-0.39, 0.29) is 16.9 Å². The van der Waals surface area contributed by atoms with Crippen molar-refractivity contribution in [2.45, 2.75) is 19.9 Å². The number of pyridine rings is 1. The van der Waals surface area contributed by atoms with E-state index < -0.39 is 17.7 Å². The van der Waals surface area contributed by atoms with Gasteiger partial charge >= 0.3 is 0 Å². The number of rotatable bonds is 4. The molecule has 7 heteroatoms. The van der Waals surface area contributed by atoms with Crippen LogP contribution in [0.5, 0.6) is 5.75 Å². The number of aromatic nitrogens is 1. The summed E-state index contributed by atoms with van der Waals surface area (Å²) in [6.45, 7) is 3.91. The number of aliphatic hydroxyl groups is 1. The normalized spacial score (nSPS) is 17.6. The van der Waals surface area contributed by atoms with Gasteiger partial charge in [-0.15, -0.1) is 0 Å². The van der Waals surface area contributed by atoms with Crippen LogP contribution in [0.3, 0.4) is 0 Å². The van der Waals surface area contributed by atoms with E-state index in [0.717, 1.165) is 11.1 Å². The standard InChI is InChI=1S/C25H21ClN2O4/c1-14-6-8-18(11-15(14)2)28-22(16-5-4-10-27-13-16)21(24(30)25(28)31)23(29)19-12-17(26)7-9-20(19)32-3/h4-13,22,29H,1-3H3/b23-21+. The van der Waals surface area contributed by atoms with Gasteiger partial charge in [-0.2, -0.15) is 0 Å². The summed E-state index contributed by atoms with van der Waals surface area (Å²) < 4.78 is 5.35. The van der Waals surface area contributed by atoms with E-state index in [0.29, 0.717) is 22.0 Å². The number of methoxy groups -OCH3 is 1. The highest BCUT2D eigenvalue weighted by Gasteiger charge is 2.47. The van der Waals surface area contributed by atoms with Crippen LogP contribution in [0.4, 0.5) is 5.69 Å².